The summed E-state index contributed by atoms with van der Waals surface area (Å²) < 4.78 is 9.10. The van der Waals surface area contributed by atoms with E-state index in [1.165, 1.54) is 31.3 Å². The van der Waals surface area contributed by atoms with Crippen molar-refractivity contribution in [2.75, 3.05) is 4.90 Å². The van der Waals surface area contributed by atoms with Crippen molar-refractivity contribution in [3.05, 3.63) is 146 Å². The highest BCUT2D eigenvalue weighted by Gasteiger charge is 2.18. The minimum absolute atomic E-state index is 0.829. The van der Waals surface area contributed by atoms with E-state index in [0.29, 0.717) is 0 Å². The first-order chi connectivity index (χ1) is 21.3. The standard InChI is InChI=1S/C39H24N2OS/c1-2-7-25(8-3-1)26-12-15-28(16-13-26)41(30-18-21-33-32-10-4-5-11-36(32)43-37(33)24-30)29-17-20-31-34-19-14-27-9-6-22-40-38(27)39(34)42-35(31)23-29/h1-24H. The van der Waals surface area contributed by atoms with Gasteiger partial charge in [-0.3, -0.25) is 4.98 Å². The summed E-state index contributed by atoms with van der Waals surface area (Å²) in [6.07, 6.45) is 1.82. The van der Waals surface area contributed by atoms with Crippen molar-refractivity contribution in [1.82, 2.24) is 4.98 Å². The summed E-state index contributed by atoms with van der Waals surface area (Å²) in [7, 11) is 0. The number of pyridine rings is 1. The van der Waals surface area contributed by atoms with E-state index < -0.39 is 0 Å². The number of nitrogens with zero attached hydrogens (tertiary/aromatic N) is 2. The van der Waals surface area contributed by atoms with E-state index in [1.54, 1.807) is 0 Å². The molecular formula is C39H24N2OS. The molecule has 202 valence electrons. The maximum atomic E-state index is 6.53. The molecule has 0 fully saturated rings. The van der Waals surface area contributed by atoms with E-state index in [9.17, 15) is 0 Å². The van der Waals surface area contributed by atoms with Crippen molar-refractivity contribution < 1.29 is 4.42 Å². The predicted molar refractivity (Wildman–Crippen MR) is 182 cm³/mol. The van der Waals surface area contributed by atoms with Crippen molar-refractivity contribution in [2.24, 2.45) is 0 Å². The first-order valence-electron chi connectivity index (χ1n) is 14.4. The molecule has 9 rings (SSSR count). The second-order valence-electron chi connectivity index (χ2n) is 10.8. The zero-order chi connectivity index (χ0) is 28.3. The number of rotatable bonds is 4. The largest absolute Gasteiger partial charge is 0.454 e. The van der Waals surface area contributed by atoms with Crippen LogP contribution in [-0.4, -0.2) is 4.98 Å². The Kier molecular flexibility index (Phi) is 5.37. The van der Waals surface area contributed by atoms with Crippen LogP contribution >= 0.6 is 11.3 Å². The molecule has 3 heterocycles. The van der Waals surface area contributed by atoms with Gasteiger partial charge in [-0.15, -0.1) is 11.3 Å². The number of hydrogen-bond donors (Lipinski definition) is 0. The van der Waals surface area contributed by atoms with Gasteiger partial charge in [-0.05, 0) is 65.7 Å². The van der Waals surface area contributed by atoms with Gasteiger partial charge >= 0.3 is 0 Å². The lowest BCUT2D eigenvalue weighted by Gasteiger charge is -2.26. The van der Waals surface area contributed by atoms with Crippen LogP contribution in [0.4, 0.5) is 17.1 Å². The Bertz CT molecular complexity index is 2460. The maximum absolute atomic E-state index is 6.53. The average Bonchev–Trinajstić information content (AvgIpc) is 3.63. The molecule has 3 aromatic heterocycles. The molecule has 0 amide bonds. The molecular weight excluding hydrogens is 545 g/mol. The summed E-state index contributed by atoms with van der Waals surface area (Å²) in [5.74, 6) is 0. The third kappa shape index (κ3) is 3.92. The summed E-state index contributed by atoms with van der Waals surface area (Å²) in [4.78, 5) is 6.96. The summed E-state index contributed by atoms with van der Waals surface area (Å²) >= 11 is 1.84. The van der Waals surface area contributed by atoms with Gasteiger partial charge < -0.3 is 9.32 Å². The van der Waals surface area contributed by atoms with Gasteiger partial charge in [0.05, 0.1) is 0 Å². The smallest absolute Gasteiger partial charge is 0.161 e. The van der Waals surface area contributed by atoms with Gasteiger partial charge in [0, 0.05) is 65.7 Å². The molecule has 4 heteroatoms. The van der Waals surface area contributed by atoms with E-state index in [-0.39, 0.29) is 0 Å². The number of furan rings is 1. The quantitative estimate of drug-likeness (QED) is 0.211. The lowest BCUT2D eigenvalue weighted by atomic mass is 10.0. The van der Waals surface area contributed by atoms with Crippen LogP contribution in [0.3, 0.4) is 0 Å². The van der Waals surface area contributed by atoms with Crippen molar-refractivity contribution in [1.29, 1.82) is 0 Å². The molecule has 3 nitrogen and oxygen atoms in total. The zero-order valence-electron chi connectivity index (χ0n) is 23.1. The fourth-order valence-electron chi connectivity index (χ4n) is 6.24. The van der Waals surface area contributed by atoms with Crippen LogP contribution in [0.5, 0.6) is 0 Å². The van der Waals surface area contributed by atoms with E-state index in [2.05, 4.69) is 143 Å². The molecule has 0 saturated heterocycles. The summed E-state index contributed by atoms with van der Waals surface area (Å²) in [5.41, 5.74) is 8.19. The van der Waals surface area contributed by atoms with Crippen LogP contribution in [0, 0.1) is 0 Å². The molecule has 0 unspecified atom stereocenters. The van der Waals surface area contributed by atoms with Crippen LogP contribution in [0.2, 0.25) is 0 Å². The Hall–Kier alpha value is -5.45. The molecule has 0 bridgehead atoms. The highest BCUT2D eigenvalue weighted by molar-refractivity contribution is 7.25. The topological polar surface area (TPSA) is 29.3 Å². The summed E-state index contributed by atoms with van der Waals surface area (Å²) in [6, 6.07) is 49.6. The van der Waals surface area contributed by atoms with Gasteiger partial charge in [-0.1, -0.05) is 78.9 Å². The number of fused-ring (bicyclic) bond motifs is 8. The highest BCUT2D eigenvalue weighted by Crippen LogP contribution is 2.43. The monoisotopic (exact) mass is 568 g/mol. The number of aromatic nitrogens is 1. The van der Waals surface area contributed by atoms with Gasteiger partial charge in [-0.25, -0.2) is 0 Å². The van der Waals surface area contributed by atoms with Crippen molar-refractivity contribution in [3.63, 3.8) is 0 Å². The highest BCUT2D eigenvalue weighted by atomic mass is 32.1. The second kappa shape index (κ2) is 9.55. The van der Waals surface area contributed by atoms with E-state index in [4.69, 9.17) is 4.42 Å². The van der Waals surface area contributed by atoms with E-state index in [1.807, 2.05) is 23.6 Å². The third-order valence-electron chi connectivity index (χ3n) is 8.31. The minimum atomic E-state index is 0.829. The van der Waals surface area contributed by atoms with Crippen LogP contribution in [0.1, 0.15) is 0 Å². The van der Waals surface area contributed by atoms with Gasteiger partial charge in [-0.2, -0.15) is 0 Å². The predicted octanol–water partition coefficient (Wildman–Crippen LogP) is 11.6. The van der Waals surface area contributed by atoms with Crippen molar-refractivity contribution in [2.45, 2.75) is 0 Å². The molecule has 6 aromatic carbocycles. The SMILES string of the molecule is c1ccc(-c2ccc(N(c3ccc4c(c3)oc3c4ccc4cccnc43)c3ccc4c(c3)sc3ccccc34)cc2)cc1. The summed E-state index contributed by atoms with van der Waals surface area (Å²) in [5, 5.41) is 5.84. The van der Waals surface area contributed by atoms with Crippen molar-refractivity contribution in [3.8, 4) is 11.1 Å². The van der Waals surface area contributed by atoms with Gasteiger partial charge in [0.25, 0.3) is 0 Å². The fourth-order valence-corrected chi connectivity index (χ4v) is 7.37. The number of thiophene rings is 1. The molecule has 0 atom stereocenters. The molecule has 43 heavy (non-hydrogen) atoms. The Balaban J connectivity index is 1.23. The second-order valence-corrected chi connectivity index (χ2v) is 11.9. The van der Waals surface area contributed by atoms with Gasteiger partial charge in [0.15, 0.2) is 5.58 Å². The van der Waals surface area contributed by atoms with Crippen LogP contribution in [-0.2, 0) is 0 Å². The average molecular weight is 569 g/mol. The summed E-state index contributed by atoms with van der Waals surface area (Å²) in [6.45, 7) is 0. The first kappa shape index (κ1) is 24.2. The molecule has 0 aliphatic rings. The van der Waals surface area contributed by atoms with Crippen LogP contribution < -0.4 is 4.90 Å². The van der Waals surface area contributed by atoms with Crippen molar-refractivity contribution >= 4 is 81.4 Å². The van der Waals surface area contributed by atoms with E-state index >= 15 is 0 Å². The Morgan fingerprint density at radius 2 is 1.21 bits per heavy atom. The molecule has 0 N–H and O–H groups in total. The molecule has 0 saturated carbocycles. The lowest BCUT2D eigenvalue weighted by Crippen LogP contribution is -2.09. The van der Waals surface area contributed by atoms with Gasteiger partial charge in [0.2, 0.25) is 0 Å². The zero-order valence-corrected chi connectivity index (χ0v) is 23.9. The first-order valence-corrected chi connectivity index (χ1v) is 15.2. The Morgan fingerprint density at radius 3 is 2.09 bits per heavy atom. The number of hydrogen-bond acceptors (Lipinski definition) is 4. The van der Waals surface area contributed by atoms with Gasteiger partial charge in [0.1, 0.15) is 11.1 Å². The number of anilines is 3. The maximum Gasteiger partial charge on any atom is 0.161 e. The van der Waals surface area contributed by atoms with Crippen LogP contribution in [0.25, 0.3) is 64.1 Å². The molecule has 0 radical (unpaired) electrons. The molecule has 0 aliphatic carbocycles. The van der Waals surface area contributed by atoms with Crippen LogP contribution in [0.15, 0.2) is 150 Å². The Labute approximate surface area is 251 Å². The molecule has 0 aliphatic heterocycles. The van der Waals surface area contributed by atoms with E-state index in [0.717, 1.165) is 49.9 Å². The fraction of sp³-hybridized carbons (Fsp3) is 0. The Morgan fingerprint density at radius 1 is 0.512 bits per heavy atom. The number of benzene rings is 6. The minimum Gasteiger partial charge on any atom is -0.454 e. The lowest BCUT2D eigenvalue weighted by molar-refractivity contribution is 0.671. The molecule has 9 aromatic rings. The normalized spacial score (nSPS) is 11.7. The third-order valence-corrected chi connectivity index (χ3v) is 9.44. The molecule has 0 spiro atoms.